The van der Waals surface area contributed by atoms with Crippen molar-refractivity contribution in [1.29, 1.82) is 0 Å². The molecule has 0 aliphatic carbocycles. The molecule has 6 heteroatoms. The first-order valence-corrected chi connectivity index (χ1v) is 4.60. The van der Waals surface area contributed by atoms with Gasteiger partial charge in [-0.25, -0.2) is 9.78 Å². The van der Waals surface area contributed by atoms with Gasteiger partial charge in [0.15, 0.2) is 5.13 Å². The number of thiazole rings is 1. The fourth-order valence-corrected chi connectivity index (χ4v) is 1.45. The summed E-state index contributed by atoms with van der Waals surface area (Å²) in [4.78, 5) is 24.8. The number of carboxylic acids is 1. The van der Waals surface area contributed by atoms with E-state index in [1.54, 1.807) is 5.38 Å². The topological polar surface area (TPSA) is 79.3 Å². The SMILES string of the molecule is CC(=O)Nc1nc(C=CC(=O)O)cs1. The Hall–Kier alpha value is -1.69. The minimum Gasteiger partial charge on any atom is -0.478 e. The fourth-order valence-electron chi connectivity index (χ4n) is 0.727. The monoisotopic (exact) mass is 212 g/mol. The van der Waals surface area contributed by atoms with Crippen LogP contribution in [0.4, 0.5) is 5.13 Å². The smallest absolute Gasteiger partial charge is 0.328 e. The van der Waals surface area contributed by atoms with Crippen molar-refractivity contribution < 1.29 is 14.7 Å². The van der Waals surface area contributed by atoms with Gasteiger partial charge in [-0.2, -0.15) is 0 Å². The van der Waals surface area contributed by atoms with E-state index < -0.39 is 5.97 Å². The molecule has 0 saturated carbocycles. The van der Waals surface area contributed by atoms with Crippen LogP contribution < -0.4 is 5.32 Å². The highest BCUT2D eigenvalue weighted by molar-refractivity contribution is 7.14. The molecule has 5 nitrogen and oxygen atoms in total. The van der Waals surface area contributed by atoms with Crippen molar-refractivity contribution in [1.82, 2.24) is 4.98 Å². The maximum atomic E-state index is 10.6. The molecule has 74 valence electrons. The van der Waals surface area contributed by atoms with Gasteiger partial charge in [-0.05, 0) is 6.08 Å². The third-order valence-corrected chi connectivity index (χ3v) is 1.98. The Bertz CT molecular complexity index is 384. The van der Waals surface area contributed by atoms with Crippen LogP contribution in [0, 0.1) is 0 Å². The summed E-state index contributed by atoms with van der Waals surface area (Å²) >= 11 is 1.24. The van der Waals surface area contributed by atoms with Gasteiger partial charge in [0.2, 0.25) is 5.91 Å². The summed E-state index contributed by atoms with van der Waals surface area (Å²) in [5.74, 6) is -1.23. The van der Waals surface area contributed by atoms with Gasteiger partial charge < -0.3 is 10.4 Å². The van der Waals surface area contributed by atoms with E-state index in [1.807, 2.05) is 0 Å². The quantitative estimate of drug-likeness (QED) is 0.738. The van der Waals surface area contributed by atoms with Crippen molar-refractivity contribution in [2.24, 2.45) is 0 Å². The molecule has 2 N–H and O–H groups in total. The van der Waals surface area contributed by atoms with Crippen LogP contribution in [-0.2, 0) is 9.59 Å². The van der Waals surface area contributed by atoms with Gasteiger partial charge in [-0.1, -0.05) is 0 Å². The second kappa shape index (κ2) is 4.52. The van der Waals surface area contributed by atoms with E-state index in [4.69, 9.17) is 5.11 Å². The minimum atomic E-state index is -1.03. The van der Waals surface area contributed by atoms with Crippen LogP contribution >= 0.6 is 11.3 Å². The van der Waals surface area contributed by atoms with Crippen molar-refractivity contribution in [2.45, 2.75) is 6.92 Å². The molecule has 0 radical (unpaired) electrons. The van der Waals surface area contributed by atoms with Crippen molar-refractivity contribution in [2.75, 3.05) is 5.32 Å². The largest absolute Gasteiger partial charge is 0.478 e. The second-order valence-corrected chi connectivity index (χ2v) is 3.29. The van der Waals surface area contributed by atoms with E-state index in [0.717, 1.165) is 6.08 Å². The molecule has 1 aromatic rings. The highest BCUT2D eigenvalue weighted by Gasteiger charge is 2.00. The molecule has 0 unspecified atom stereocenters. The summed E-state index contributed by atoms with van der Waals surface area (Å²) in [7, 11) is 0. The lowest BCUT2D eigenvalue weighted by Crippen LogP contribution is -2.04. The molecule has 0 bridgehead atoms. The minimum absolute atomic E-state index is 0.201. The number of carbonyl (C=O) groups is 2. The van der Waals surface area contributed by atoms with E-state index in [-0.39, 0.29) is 5.91 Å². The van der Waals surface area contributed by atoms with Gasteiger partial charge in [-0.15, -0.1) is 11.3 Å². The van der Waals surface area contributed by atoms with Gasteiger partial charge in [0.1, 0.15) is 0 Å². The predicted octanol–water partition coefficient (Wildman–Crippen LogP) is 1.20. The number of rotatable bonds is 3. The molecule has 14 heavy (non-hydrogen) atoms. The normalized spacial score (nSPS) is 10.4. The van der Waals surface area contributed by atoms with Crippen LogP contribution in [0.1, 0.15) is 12.6 Å². The van der Waals surface area contributed by atoms with Gasteiger partial charge in [0, 0.05) is 18.4 Å². The van der Waals surface area contributed by atoms with E-state index in [1.165, 1.54) is 24.3 Å². The van der Waals surface area contributed by atoms with Crippen molar-refractivity contribution in [3.8, 4) is 0 Å². The van der Waals surface area contributed by atoms with E-state index in [2.05, 4.69) is 10.3 Å². The molecule has 0 aliphatic rings. The number of carboxylic acid groups (broad SMARTS) is 1. The van der Waals surface area contributed by atoms with E-state index in [9.17, 15) is 9.59 Å². The number of anilines is 1. The molecule has 0 saturated heterocycles. The Balaban J connectivity index is 2.68. The number of hydrogen-bond donors (Lipinski definition) is 2. The lowest BCUT2D eigenvalue weighted by atomic mass is 10.4. The maximum absolute atomic E-state index is 10.6. The first kappa shape index (κ1) is 10.4. The zero-order chi connectivity index (χ0) is 10.6. The fraction of sp³-hybridized carbons (Fsp3) is 0.125. The summed E-state index contributed by atoms with van der Waals surface area (Å²) in [5, 5.41) is 13.0. The Morgan fingerprint density at radius 2 is 2.36 bits per heavy atom. The summed E-state index contributed by atoms with van der Waals surface area (Å²) in [6.45, 7) is 1.38. The van der Waals surface area contributed by atoms with Crippen LogP contribution in [0.2, 0.25) is 0 Å². The lowest BCUT2D eigenvalue weighted by molar-refractivity contribution is -0.131. The van der Waals surface area contributed by atoms with Gasteiger partial charge in [-0.3, -0.25) is 4.79 Å². The van der Waals surface area contributed by atoms with Crippen molar-refractivity contribution >= 4 is 34.4 Å². The van der Waals surface area contributed by atoms with Crippen molar-refractivity contribution in [3.63, 3.8) is 0 Å². The number of aliphatic carboxylic acids is 1. The van der Waals surface area contributed by atoms with Gasteiger partial charge in [0.25, 0.3) is 0 Å². The number of carbonyl (C=O) groups excluding carboxylic acids is 1. The Kier molecular flexibility index (Phi) is 3.35. The number of aromatic nitrogens is 1. The molecule has 0 spiro atoms. The third-order valence-electron chi connectivity index (χ3n) is 1.20. The Labute approximate surface area is 84.1 Å². The Morgan fingerprint density at radius 3 is 2.93 bits per heavy atom. The number of amides is 1. The average Bonchev–Trinajstić information content (AvgIpc) is 2.47. The van der Waals surface area contributed by atoms with Crippen LogP contribution in [-0.4, -0.2) is 22.0 Å². The number of nitrogens with one attached hydrogen (secondary N) is 1. The van der Waals surface area contributed by atoms with E-state index in [0.29, 0.717) is 10.8 Å². The predicted molar refractivity (Wildman–Crippen MR) is 53.1 cm³/mol. The third kappa shape index (κ3) is 3.36. The first-order valence-electron chi connectivity index (χ1n) is 3.72. The maximum Gasteiger partial charge on any atom is 0.328 e. The summed E-state index contributed by atoms with van der Waals surface area (Å²) in [5.41, 5.74) is 0.515. The molecule has 1 amide bonds. The summed E-state index contributed by atoms with van der Waals surface area (Å²) in [6, 6.07) is 0. The van der Waals surface area contributed by atoms with Crippen LogP contribution in [0.25, 0.3) is 6.08 Å². The first-order chi connectivity index (χ1) is 6.58. The molecule has 1 rings (SSSR count). The van der Waals surface area contributed by atoms with Crippen LogP contribution in [0.15, 0.2) is 11.5 Å². The molecule has 0 fully saturated rings. The van der Waals surface area contributed by atoms with Crippen LogP contribution in [0.5, 0.6) is 0 Å². The lowest BCUT2D eigenvalue weighted by Gasteiger charge is -1.91. The summed E-state index contributed by atoms with van der Waals surface area (Å²) < 4.78 is 0. The number of nitrogens with zero attached hydrogens (tertiary/aromatic N) is 1. The highest BCUT2D eigenvalue weighted by atomic mass is 32.1. The second-order valence-electron chi connectivity index (χ2n) is 2.43. The average molecular weight is 212 g/mol. The molecular formula is C8H8N2O3S. The Morgan fingerprint density at radius 1 is 1.64 bits per heavy atom. The molecular weight excluding hydrogens is 204 g/mol. The molecule has 0 aliphatic heterocycles. The van der Waals surface area contributed by atoms with Crippen LogP contribution in [0.3, 0.4) is 0 Å². The zero-order valence-electron chi connectivity index (χ0n) is 7.35. The molecule has 0 aromatic carbocycles. The molecule has 1 heterocycles. The van der Waals surface area contributed by atoms with Gasteiger partial charge in [0.05, 0.1) is 5.69 Å². The molecule has 1 aromatic heterocycles. The van der Waals surface area contributed by atoms with Gasteiger partial charge >= 0.3 is 5.97 Å². The van der Waals surface area contributed by atoms with E-state index >= 15 is 0 Å². The highest BCUT2D eigenvalue weighted by Crippen LogP contribution is 2.15. The standard InChI is InChI=1S/C8H8N2O3S/c1-5(11)9-8-10-6(4-14-8)2-3-7(12)13/h2-4H,1H3,(H,12,13)(H,9,10,11). The molecule has 0 atom stereocenters. The number of hydrogen-bond acceptors (Lipinski definition) is 4. The summed E-state index contributed by atoms with van der Waals surface area (Å²) in [6.07, 6.45) is 2.36. The van der Waals surface area contributed by atoms with Crippen molar-refractivity contribution in [3.05, 3.63) is 17.2 Å². The zero-order valence-corrected chi connectivity index (χ0v) is 8.17.